The molecule has 0 aliphatic heterocycles. The maximum atomic E-state index is 2.43. The summed E-state index contributed by atoms with van der Waals surface area (Å²) in [7, 11) is 0. The zero-order valence-electron chi connectivity index (χ0n) is 7.99. The molecule has 0 aromatic rings. The van der Waals surface area contributed by atoms with Crippen LogP contribution in [0.2, 0.25) is 0 Å². The van der Waals surface area contributed by atoms with Crippen molar-refractivity contribution in [2.24, 2.45) is 16.7 Å². The molecular weight excluding hydrogens is 120 g/mol. The molecule has 0 nitrogen and oxygen atoms in total. The second kappa shape index (κ2) is 1.99. The minimum atomic E-state index is 0.505. The molecular formula is C10H20. The second-order valence-corrected chi connectivity index (χ2v) is 5.11. The molecule has 0 aromatic heterocycles. The predicted molar refractivity (Wildman–Crippen MR) is 46.0 cm³/mol. The highest BCUT2D eigenvalue weighted by atomic mass is 14.5. The number of hydrogen-bond acceptors (Lipinski definition) is 0. The molecule has 1 fully saturated rings. The van der Waals surface area contributed by atoms with Crippen molar-refractivity contribution in [2.75, 3.05) is 0 Å². The third kappa shape index (κ3) is 0.889. The summed E-state index contributed by atoms with van der Waals surface area (Å²) in [5, 5.41) is 0. The molecule has 0 N–H and O–H groups in total. The van der Waals surface area contributed by atoms with Gasteiger partial charge >= 0.3 is 0 Å². The number of rotatable bonds is 0. The third-order valence-electron chi connectivity index (χ3n) is 3.90. The zero-order chi connectivity index (χ0) is 7.99. The molecule has 1 aliphatic rings. The maximum absolute atomic E-state index is 2.43. The van der Waals surface area contributed by atoms with Gasteiger partial charge in [-0.2, -0.15) is 0 Å². The monoisotopic (exact) mass is 140 g/mol. The molecule has 60 valence electrons. The average Bonchev–Trinajstić information content (AvgIpc) is 1.80. The lowest BCUT2D eigenvalue weighted by molar-refractivity contribution is -0.0462. The van der Waals surface area contributed by atoms with Gasteiger partial charge in [-0.25, -0.2) is 0 Å². The molecule has 0 heteroatoms. The Labute approximate surface area is 65.0 Å². The largest absolute Gasteiger partial charge is 0.0620 e. The summed E-state index contributed by atoms with van der Waals surface area (Å²) in [4.78, 5) is 0. The Morgan fingerprint density at radius 2 is 1.80 bits per heavy atom. The van der Waals surface area contributed by atoms with Crippen molar-refractivity contribution in [3.63, 3.8) is 0 Å². The fraction of sp³-hybridized carbons (Fsp3) is 1.00. The highest BCUT2D eigenvalue weighted by molar-refractivity contribution is 4.97. The minimum absolute atomic E-state index is 0.505. The first kappa shape index (κ1) is 8.10. The Hall–Kier alpha value is 0. The van der Waals surface area contributed by atoms with Crippen LogP contribution >= 0.6 is 0 Å². The molecule has 0 saturated heterocycles. The standard InChI is InChI=1S/C10H20/c1-8-6-7-10(8,5)9(2,3)4/h8H,6-7H2,1-5H3. The molecule has 10 heavy (non-hydrogen) atoms. The fourth-order valence-electron chi connectivity index (χ4n) is 1.98. The van der Waals surface area contributed by atoms with Crippen molar-refractivity contribution in [1.29, 1.82) is 0 Å². The number of hydrogen-bond donors (Lipinski definition) is 0. The normalized spacial score (nSPS) is 41.1. The van der Waals surface area contributed by atoms with E-state index >= 15 is 0 Å². The van der Waals surface area contributed by atoms with Crippen LogP contribution in [0.1, 0.15) is 47.5 Å². The fourth-order valence-corrected chi connectivity index (χ4v) is 1.98. The maximum Gasteiger partial charge on any atom is -0.0251 e. The molecule has 0 amide bonds. The Morgan fingerprint density at radius 3 is 1.80 bits per heavy atom. The van der Waals surface area contributed by atoms with Gasteiger partial charge in [0, 0.05) is 0 Å². The molecule has 2 unspecified atom stereocenters. The van der Waals surface area contributed by atoms with Gasteiger partial charge in [0.1, 0.15) is 0 Å². The van der Waals surface area contributed by atoms with Gasteiger partial charge in [-0.05, 0) is 29.6 Å². The Balaban J connectivity index is 2.70. The van der Waals surface area contributed by atoms with Crippen molar-refractivity contribution < 1.29 is 0 Å². The summed E-state index contributed by atoms with van der Waals surface area (Å²) in [6.07, 6.45) is 2.87. The van der Waals surface area contributed by atoms with Gasteiger partial charge in [0.05, 0.1) is 0 Å². The molecule has 0 radical (unpaired) electrons. The molecule has 0 heterocycles. The van der Waals surface area contributed by atoms with Crippen molar-refractivity contribution in [3.05, 3.63) is 0 Å². The van der Waals surface area contributed by atoms with Gasteiger partial charge in [-0.1, -0.05) is 34.6 Å². The first-order chi connectivity index (χ1) is 4.38. The average molecular weight is 140 g/mol. The summed E-state index contributed by atoms with van der Waals surface area (Å²) in [5.74, 6) is 0.937. The van der Waals surface area contributed by atoms with Crippen LogP contribution in [0.15, 0.2) is 0 Å². The summed E-state index contributed by atoms with van der Waals surface area (Å²) in [6, 6.07) is 0. The summed E-state index contributed by atoms with van der Waals surface area (Å²) in [6.45, 7) is 11.9. The van der Waals surface area contributed by atoms with Crippen LogP contribution in [-0.4, -0.2) is 0 Å². The van der Waals surface area contributed by atoms with Crippen LogP contribution in [-0.2, 0) is 0 Å². The lowest BCUT2D eigenvalue weighted by Crippen LogP contribution is -2.45. The van der Waals surface area contributed by atoms with Crippen LogP contribution in [0.4, 0.5) is 0 Å². The van der Waals surface area contributed by atoms with Gasteiger partial charge in [0.25, 0.3) is 0 Å². The molecule has 0 aromatic carbocycles. The SMILES string of the molecule is CC1CCC1(C)C(C)(C)C. The van der Waals surface area contributed by atoms with E-state index < -0.39 is 0 Å². The molecule has 0 bridgehead atoms. The van der Waals surface area contributed by atoms with Crippen LogP contribution in [0.5, 0.6) is 0 Å². The van der Waals surface area contributed by atoms with Crippen molar-refractivity contribution in [3.8, 4) is 0 Å². The van der Waals surface area contributed by atoms with Gasteiger partial charge < -0.3 is 0 Å². The molecule has 1 rings (SSSR count). The molecule has 0 spiro atoms. The summed E-state index contributed by atoms with van der Waals surface area (Å²) >= 11 is 0. The van der Waals surface area contributed by atoms with Crippen LogP contribution < -0.4 is 0 Å². The third-order valence-corrected chi connectivity index (χ3v) is 3.90. The topological polar surface area (TPSA) is 0 Å². The highest BCUT2D eigenvalue weighted by Gasteiger charge is 2.47. The summed E-state index contributed by atoms with van der Waals surface area (Å²) in [5.41, 5.74) is 1.12. The van der Waals surface area contributed by atoms with Crippen LogP contribution in [0.25, 0.3) is 0 Å². The van der Waals surface area contributed by atoms with Gasteiger partial charge in [0.15, 0.2) is 0 Å². The van der Waals surface area contributed by atoms with Gasteiger partial charge in [0.2, 0.25) is 0 Å². The van der Waals surface area contributed by atoms with E-state index in [0.29, 0.717) is 10.8 Å². The summed E-state index contributed by atoms with van der Waals surface area (Å²) < 4.78 is 0. The zero-order valence-corrected chi connectivity index (χ0v) is 7.99. The van der Waals surface area contributed by atoms with Crippen molar-refractivity contribution >= 4 is 0 Å². The van der Waals surface area contributed by atoms with E-state index in [-0.39, 0.29) is 0 Å². The van der Waals surface area contributed by atoms with Crippen molar-refractivity contribution in [2.45, 2.75) is 47.5 Å². The van der Waals surface area contributed by atoms with E-state index in [1.807, 2.05) is 0 Å². The van der Waals surface area contributed by atoms with Gasteiger partial charge in [-0.3, -0.25) is 0 Å². The molecule has 2 atom stereocenters. The first-order valence-corrected chi connectivity index (χ1v) is 4.38. The van der Waals surface area contributed by atoms with Gasteiger partial charge in [-0.15, -0.1) is 0 Å². The van der Waals surface area contributed by atoms with E-state index in [1.165, 1.54) is 12.8 Å². The Bertz CT molecular complexity index is 129. The van der Waals surface area contributed by atoms with E-state index in [1.54, 1.807) is 0 Å². The smallest absolute Gasteiger partial charge is 0.0251 e. The van der Waals surface area contributed by atoms with Crippen LogP contribution in [0.3, 0.4) is 0 Å². The Morgan fingerprint density at radius 1 is 1.30 bits per heavy atom. The predicted octanol–water partition coefficient (Wildman–Crippen LogP) is 3.47. The van der Waals surface area contributed by atoms with E-state index in [9.17, 15) is 0 Å². The first-order valence-electron chi connectivity index (χ1n) is 4.38. The van der Waals surface area contributed by atoms with E-state index in [0.717, 1.165) is 5.92 Å². The van der Waals surface area contributed by atoms with E-state index in [2.05, 4.69) is 34.6 Å². The quantitative estimate of drug-likeness (QED) is 0.483. The highest BCUT2D eigenvalue weighted by Crippen LogP contribution is 2.56. The second-order valence-electron chi connectivity index (χ2n) is 5.11. The molecule has 1 aliphatic carbocycles. The molecule has 1 saturated carbocycles. The minimum Gasteiger partial charge on any atom is -0.0620 e. The van der Waals surface area contributed by atoms with Crippen molar-refractivity contribution in [1.82, 2.24) is 0 Å². The van der Waals surface area contributed by atoms with Crippen LogP contribution in [0, 0.1) is 16.7 Å². The Kier molecular flexibility index (Phi) is 1.61. The van der Waals surface area contributed by atoms with E-state index in [4.69, 9.17) is 0 Å². The lowest BCUT2D eigenvalue weighted by Gasteiger charge is -2.54. The lowest BCUT2D eigenvalue weighted by atomic mass is 9.51.